The second-order valence-electron chi connectivity index (χ2n) is 5.26. The molecule has 0 aliphatic rings. The zero-order valence-corrected chi connectivity index (χ0v) is 12.8. The third-order valence-corrected chi connectivity index (χ3v) is 2.39. The number of halogens is 2. The number of alkyl carbamates (subject to hydrolysis) is 1. The van der Waals surface area contributed by atoms with Crippen LogP contribution in [0.2, 0.25) is 5.02 Å². The van der Waals surface area contributed by atoms with Gasteiger partial charge in [0.05, 0.1) is 5.56 Å². The maximum absolute atomic E-state index is 13.2. The lowest BCUT2D eigenvalue weighted by molar-refractivity contribution is 0.0529. The highest BCUT2D eigenvalue weighted by Gasteiger charge is 2.15. The molecule has 114 valence electrons. The molecule has 1 amide bonds. The molecule has 0 saturated heterocycles. The Bertz CT molecular complexity index is 585. The second-order valence-corrected chi connectivity index (χ2v) is 5.70. The number of rotatable bonds is 2. The van der Waals surface area contributed by atoms with Crippen LogP contribution in [0.4, 0.5) is 9.18 Å². The lowest BCUT2D eigenvalue weighted by atomic mass is 10.2. The van der Waals surface area contributed by atoms with E-state index in [0.717, 1.165) is 6.07 Å². The third kappa shape index (κ3) is 6.37. The molecule has 0 radical (unpaired) electrons. The maximum Gasteiger partial charge on any atom is 0.407 e. The first-order valence-corrected chi connectivity index (χ1v) is 6.70. The molecule has 1 aromatic carbocycles. The summed E-state index contributed by atoms with van der Waals surface area (Å²) in [5.74, 6) is 3.95. The predicted molar refractivity (Wildman–Crippen MR) is 78.8 cm³/mol. The van der Waals surface area contributed by atoms with E-state index in [1.165, 1.54) is 6.07 Å². The molecule has 0 saturated carbocycles. The van der Waals surface area contributed by atoms with Crippen LogP contribution in [-0.2, 0) is 4.74 Å². The van der Waals surface area contributed by atoms with Gasteiger partial charge in [-0.15, -0.1) is 0 Å². The summed E-state index contributed by atoms with van der Waals surface area (Å²) in [6, 6.07) is 2.38. The minimum absolute atomic E-state index is 0.109. The van der Waals surface area contributed by atoms with Gasteiger partial charge in [-0.2, -0.15) is 0 Å². The Morgan fingerprint density at radius 2 is 2.14 bits per heavy atom. The van der Waals surface area contributed by atoms with Crippen molar-refractivity contribution < 1.29 is 19.0 Å². The molecule has 0 atom stereocenters. The molecule has 1 rings (SSSR count). The van der Waals surface area contributed by atoms with Gasteiger partial charge in [0.1, 0.15) is 5.60 Å². The van der Waals surface area contributed by atoms with Gasteiger partial charge in [-0.05, 0) is 32.9 Å². The Morgan fingerprint density at radius 3 is 2.76 bits per heavy atom. The number of amides is 1. The number of hydrogen-bond donors (Lipinski definition) is 2. The van der Waals surface area contributed by atoms with Gasteiger partial charge in [0.25, 0.3) is 0 Å². The third-order valence-electron chi connectivity index (χ3n) is 2.17. The lowest BCUT2D eigenvalue weighted by Crippen LogP contribution is -2.32. The fourth-order valence-corrected chi connectivity index (χ4v) is 1.57. The molecule has 2 N–H and O–H groups in total. The molecule has 0 unspecified atom stereocenters. The SMILES string of the molecule is CC(C)(C)OC(=O)NCCC#Cc1cc(Cl)cc(F)c1O. The lowest BCUT2D eigenvalue weighted by Gasteiger charge is -2.19. The molecule has 21 heavy (non-hydrogen) atoms. The van der Waals surface area contributed by atoms with Crippen molar-refractivity contribution in [3.63, 3.8) is 0 Å². The fraction of sp³-hybridized carbons (Fsp3) is 0.400. The Morgan fingerprint density at radius 1 is 1.48 bits per heavy atom. The first-order chi connectivity index (χ1) is 9.69. The normalized spacial score (nSPS) is 10.5. The van der Waals surface area contributed by atoms with E-state index in [-0.39, 0.29) is 17.1 Å². The van der Waals surface area contributed by atoms with Crippen molar-refractivity contribution in [3.8, 4) is 17.6 Å². The van der Waals surface area contributed by atoms with E-state index in [2.05, 4.69) is 17.2 Å². The Labute approximate surface area is 128 Å². The van der Waals surface area contributed by atoms with Crippen LogP contribution in [0.15, 0.2) is 12.1 Å². The molecular formula is C15H17ClFNO3. The van der Waals surface area contributed by atoms with Crippen LogP contribution in [0.3, 0.4) is 0 Å². The summed E-state index contributed by atoms with van der Waals surface area (Å²) in [7, 11) is 0. The number of phenols is 1. The van der Waals surface area contributed by atoms with Crippen molar-refractivity contribution in [2.24, 2.45) is 0 Å². The Hall–Kier alpha value is -1.93. The van der Waals surface area contributed by atoms with Crippen molar-refractivity contribution in [1.82, 2.24) is 5.32 Å². The minimum Gasteiger partial charge on any atom is -0.504 e. The van der Waals surface area contributed by atoms with Crippen LogP contribution in [0.5, 0.6) is 5.75 Å². The minimum atomic E-state index is -0.821. The molecule has 0 fully saturated rings. The molecule has 0 heterocycles. The predicted octanol–water partition coefficient (Wildman–Crippen LogP) is 3.45. The number of hydrogen-bond acceptors (Lipinski definition) is 3. The molecule has 0 aliphatic carbocycles. The molecule has 0 aliphatic heterocycles. The number of benzene rings is 1. The van der Waals surface area contributed by atoms with Crippen LogP contribution in [0.25, 0.3) is 0 Å². The Balaban J connectivity index is 2.50. The van der Waals surface area contributed by atoms with Crippen LogP contribution in [0, 0.1) is 17.7 Å². The van der Waals surface area contributed by atoms with Crippen molar-refractivity contribution in [1.29, 1.82) is 0 Å². The first kappa shape index (κ1) is 17.1. The quantitative estimate of drug-likeness (QED) is 0.649. The van der Waals surface area contributed by atoms with Crippen molar-refractivity contribution >= 4 is 17.7 Å². The summed E-state index contributed by atoms with van der Waals surface area (Å²) in [6.07, 6.45) is -0.201. The van der Waals surface area contributed by atoms with Crippen LogP contribution in [-0.4, -0.2) is 23.3 Å². The van der Waals surface area contributed by atoms with E-state index in [0.29, 0.717) is 6.42 Å². The van der Waals surface area contributed by atoms with Gasteiger partial charge in [0, 0.05) is 18.0 Å². The summed E-state index contributed by atoms with van der Waals surface area (Å²) >= 11 is 5.67. The van der Waals surface area contributed by atoms with E-state index >= 15 is 0 Å². The van der Waals surface area contributed by atoms with E-state index in [1.54, 1.807) is 20.8 Å². The molecule has 0 aromatic heterocycles. The summed E-state index contributed by atoms with van der Waals surface area (Å²) in [5, 5.41) is 12.2. The standard InChI is InChI=1S/C15H17ClFNO3/c1-15(2,3)21-14(20)18-7-5-4-6-10-8-11(16)9-12(17)13(10)19/h8-9,19H,5,7H2,1-3H3,(H,18,20). The zero-order valence-electron chi connectivity index (χ0n) is 12.1. The van der Waals surface area contributed by atoms with E-state index in [9.17, 15) is 14.3 Å². The summed E-state index contributed by atoms with van der Waals surface area (Å²) in [5.41, 5.74) is -0.447. The molecule has 0 spiro atoms. The van der Waals surface area contributed by atoms with E-state index < -0.39 is 23.3 Å². The number of carbonyl (C=O) groups excluding carboxylic acids is 1. The average molecular weight is 314 g/mol. The number of phenolic OH excluding ortho intramolecular Hbond substituents is 1. The maximum atomic E-state index is 13.2. The van der Waals surface area contributed by atoms with E-state index in [1.807, 2.05) is 0 Å². The summed E-state index contributed by atoms with van der Waals surface area (Å²) in [4.78, 5) is 11.3. The van der Waals surface area contributed by atoms with Gasteiger partial charge in [-0.1, -0.05) is 23.4 Å². The van der Waals surface area contributed by atoms with Gasteiger partial charge in [-0.3, -0.25) is 0 Å². The van der Waals surface area contributed by atoms with Crippen LogP contribution in [0.1, 0.15) is 32.8 Å². The van der Waals surface area contributed by atoms with Gasteiger partial charge in [0.2, 0.25) is 0 Å². The van der Waals surface area contributed by atoms with Crippen LogP contribution < -0.4 is 5.32 Å². The van der Waals surface area contributed by atoms with Gasteiger partial charge >= 0.3 is 6.09 Å². The molecule has 0 bridgehead atoms. The highest BCUT2D eigenvalue weighted by Crippen LogP contribution is 2.24. The highest BCUT2D eigenvalue weighted by molar-refractivity contribution is 6.30. The monoisotopic (exact) mass is 313 g/mol. The molecule has 6 heteroatoms. The molecule has 1 aromatic rings. The smallest absolute Gasteiger partial charge is 0.407 e. The van der Waals surface area contributed by atoms with Gasteiger partial charge in [0.15, 0.2) is 11.6 Å². The van der Waals surface area contributed by atoms with E-state index in [4.69, 9.17) is 16.3 Å². The summed E-state index contributed by atoms with van der Waals surface area (Å²) < 4.78 is 18.3. The molecular weight excluding hydrogens is 297 g/mol. The largest absolute Gasteiger partial charge is 0.504 e. The van der Waals surface area contributed by atoms with Crippen LogP contribution >= 0.6 is 11.6 Å². The summed E-state index contributed by atoms with van der Waals surface area (Å²) in [6.45, 7) is 5.58. The first-order valence-electron chi connectivity index (χ1n) is 6.33. The number of ether oxygens (including phenoxy) is 1. The highest BCUT2D eigenvalue weighted by atomic mass is 35.5. The number of carbonyl (C=O) groups is 1. The number of nitrogens with one attached hydrogen (secondary N) is 1. The second kappa shape index (κ2) is 7.19. The zero-order chi connectivity index (χ0) is 16.0. The van der Waals surface area contributed by atoms with Gasteiger partial charge < -0.3 is 15.2 Å². The average Bonchev–Trinajstić information content (AvgIpc) is 2.32. The topological polar surface area (TPSA) is 58.6 Å². The van der Waals surface area contributed by atoms with Crippen molar-refractivity contribution in [3.05, 3.63) is 28.5 Å². The van der Waals surface area contributed by atoms with Crippen molar-refractivity contribution in [2.75, 3.05) is 6.54 Å². The molecule has 4 nitrogen and oxygen atoms in total. The Kier molecular flexibility index (Phi) is 5.86. The fourth-order valence-electron chi connectivity index (χ4n) is 1.36. The number of aromatic hydroxyl groups is 1. The van der Waals surface area contributed by atoms with Crippen molar-refractivity contribution in [2.45, 2.75) is 32.8 Å². The van der Waals surface area contributed by atoms with Gasteiger partial charge in [-0.25, -0.2) is 9.18 Å².